The fraction of sp³-hybridized carbons (Fsp3) is 0.182. The van der Waals surface area contributed by atoms with E-state index in [0.717, 1.165) is 11.3 Å². The van der Waals surface area contributed by atoms with Gasteiger partial charge in [0, 0.05) is 5.69 Å². The van der Waals surface area contributed by atoms with Crippen LogP contribution in [-0.2, 0) is 10.0 Å². The summed E-state index contributed by atoms with van der Waals surface area (Å²) in [6, 6.07) is 2.86. The number of sulfonamides is 1. The topological polar surface area (TPSA) is 99.3 Å². The van der Waals surface area contributed by atoms with Crippen molar-refractivity contribution in [3.63, 3.8) is 0 Å². The van der Waals surface area contributed by atoms with Crippen LogP contribution in [0.4, 0.5) is 5.69 Å². The molecule has 0 radical (unpaired) electrons. The summed E-state index contributed by atoms with van der Waals surface area (Å²) in [6.07, 6.45) is 0. The number of carbonyl (C=O) groups is 1. The maximum atomic E-state index is 12.2. The Bertz CT molecular complexity index is 757. The number of aromatic nitrogens is 1. The molecular formula is C11H11ClN2O4S2. The van der Waals surface area contributed by atoms with E-state index in [2.05, 4.69) is 9.71 Å². The lowest BCUT2D eigenvalue weighted by molar-refractivity contribution is 0.0692. The number of H-pyrrole nitrogens is 1. The molecule has 0 saturated carbocycles. The van der Waals surface area contributed by atoms with Crippen LogP contribution in [0.1, 0.15) is 21.7 Å². The predicted octanol–water partition coefficient (Wildman–Crippen LogP) is 2.85. The highest BCUT2D eigenvalue weighted by atomic mass is 35.5. The van der Waals surface area contributed by atoms with Crippen molar-refractivity contribution in [2.45, 2.75) is 18.1 Å². The van der Waals surface area contributed by atoms with Gasteiger partial charge in [0.05, 0.1) is 10.0 Å². The summed E-state index contributed by atoms with van der Waals surface area (Å²) in [4.78, 5) is 13.6. The Morgan fingerprint density at radius 3 is 2.55 bits per heavy atom. The van der Waals surface area contributed by atoms with Gasteiger partial charge in [-0.15, -0.1) is 11.3 Å². The van der Waals surface area contributed by atoms with Crippen molar-refractivity contribution >= 4 is 44.6 Å². The van der Waals surface area contributed by atoms with Crippen LogP contribution >= 0.6 is 22.9 Å². The maximum absolute atomic E-state index is 12.2. The molecule has 0 aliphatic rings. The van der Waals surface area contributed by atoms with Gasteiger partial charge in [0.1, 0.15) is 9.90 Å². The van der Waals surface area contributed by atoms with Gasteiger partial charge < -0.3 is 10.1 Å². The van der Waals surface area contributed by atoms with Crippen LogP contribution in [0.15, 0.2) is 16.3 Å². The van der Waals surface area contributed by atoms with Gasteiger partial charge in [0.25, 0.3) is 10.0 Å². The second-order valence-electron chi connectivity index (χ2n) is 4.17. The highest BCUT2D eigenvalue weighted by Crippen LogP contribution is 2.31. The molecule has 3 N–H and O–H groups in total. The molecule has 0 aromatic carbocycles. The molecule has 0 saturated heterocycles. The molecule has 2 rings (SSSR count). The van der Waals surface area contributed by atoms with Gasteiger partial charge in [0.2, 0.25) is 0 Å². The molecule has 2 aromatic heterocycles. The molecule has 0 aliphatic carbocycles. The third-order valence-electron chi connectivity index (χ3n) is 2.51. The second kappa shape index (κ2) is 5.12. The highest BCUT2D eigenvalue weighted by molar-refractivity contribution is 7.94. The summed E-state index contributed by atoms with van der Waals surface area (Å²) < 4.78 is 27.0. The van der Waals surface area contributed by atoms with Crippen molar-refractivity contribution in [2.75, 3.05) is 4.72 Å². The van der Waals surface area contributed by atoms with E-state index >= 15 is 0 Å². The number of nitrogens with one attached hydrogen (secondary N) is 2. The smallest absolute Gasteiger partial charge is 0.354 e. The number of aromatic amines is 1. The summed E-state index contributed by atoms with van der Waals surface area (Å²) >= 11 is 6.77. The number of carboxylic acid groups (broad SMARTS) is 1. The molecule has 0 bridgehead atoms. The van der Waals surface area contributed by atoms with E-state index in [0.29, 0.717) is 15.6 Å². The number of aryl methyl sites for hydroxylation is 2. The molecule has 0 amide bonds. The SMILES string of the molecule is Cc1cc(NS(=O)(=O)c2cc(C)c(Cl)s2)c(C(=O)O)[nH]1. The van der Waals surface area contributed by atoms with Crippen LogP contribution in [0.25, 0.3) is 0 Å². The molecule has 0 fully saturated rings. The number of carboxylic acids is 1. The Morgan fingerprint density at radius 1 is 1.40 bits per heavy atom. The molecule has 0 spiro atoms. The number of thiophene rings is 1. The van der Waals surface area contributed by atoms with Crippen molar-refractivity contribution in [2.24, 2.45) is 0 Å². The van der Waals surface area contributed by atoms with Gasteiger partial charge in [-0.25, -0.2) is 13.2 Å². The third kappa shape index (κ3) is 2.82. The van der Waals surface area contributed by atoms with Crippen molar-refractivity contribution in [3.8, 4) is 0 Å². The Hall–Kier alpha value is -1.51. The lowest BCUT2D eigenvalue weighted by Gasteiger charge is -2.04. The van der Waals surface area contributed by atoms with Crippen LogP contribution in [-0.4, -0.2) is 24.5 Å². The average molecular weight is 335 g/mol. The molecule has 0 atom stereocenters. The van der Waals surface area contributed by atoms with Crippen LogP contribution in [0.5, 0.6) is 0 Å². The second-order valence-corrected chi connectivity index (χ2v) is 7.74. The first-order chi connectivity index (χ1) is 9.20. The van der Waals surface area contributed by atoms with Gasteiger partial charge in [-0.05, 0) is 31.5 Å². The van der Waals surface area contributed by atoms with Crippen LogP contribution in [0.2, 0.25) is 4.34 Å². The van der Waals surface area contributed by atoms with E-state index in [-0.39, 0.29) is 15.6 Å². The first-order valence-corrected chi connectivity index (χ1v) is 8.10. The van der Waals surface area contributed by atoms with Crippen molar-refractivity contribution in [3.05, 3.63) is 33.4 Å². The molecular weight excluding hydrogens is 324 g/mol. The lowest BCUT2D eigenvalue weighted by atomic mass is 10.4. The van der Waals surface area contributed by atoms with Gasteiger partial charge >= 0.3 is 5.97 Å². The molecule has 2 aromatic rings. The monoisotopic (exact) mass is 334 g/mol. The maximum Gasteiger partial charge on any atom is 0.354 e. The number of rotatable bonds is 4. The summed E-state index contributed by atoms with van der Waals surface area (Å²) in [7, 11) is -3.86. The number of hydrogen-bond donors (Lipinski definition) is 3. The zero-order valence-electron chi connectivity index (χ0n) is 10.5. The third-order valence-corrected chi connectivity index (χ3v) is 5.90. The average Bonchev–Trinajstić information content (AvgIpc) is 2.83. The van der Waals surface area contributed by atoms with E-state index < -0.39 is 16.0 Å². The molecule has 2 heterocycles. The Morgan fingerprint density at radius 2 is 2.05 bits per heavy atom. The minimum absolute atomic E-state index is 0.00262. The minimum atomic E-state index is -3.86. The fourth-order valence-electron chi connectivity index (χ4n) is 1.60. The zero-order valence-corrected chi connectivity index (χ0v) is 12.9. The van der Waals surface area contributed by atoms with Crippen LogP contribution < -0.4 is 4.72 Å². The van der Waals surface area contributed by atoms with Gasteiger partial charge in [-0.2, -0.15) is 0 Å². The predicted molar refractivity (Wildman–Crippen MR) is 77.4 cm³/mol. The molecule has 6 nitrogen and oxygen atoms in total. The largest absolute Gasteiger partial charge is 0.477 e. The van der Waals surface area contributed by atoms with E-state index in [1.807, 2.05) is 0 Å². The van der Waals surface area contributed by atoms with Crippen molar-refractivity contribution in [1.29, 1.82) is 0 Å². The summed E-state index contributed by atoms with van der Waals surface area (Å²) in [6.45, 7) is 3.33. The van der Waals surface area contributed by atoms with Gasteiger partial charge in [-0.1, -0.05) is 11.6 Å². The quantitative estimate of drug-likeness (QED) is 0.800. The first kappa shape index (κ1) is 14.9. The normalized spacial score (nSPS) is 11.6. The summed E-state index contributed by atoms with van der Waals surface area (Å²) in [5.41, 5.74) is 0.990. The molecule has 20 heavy (non-hydrogen) atoms. The molecule has 0 aliphatic heterocycles. The standard InChI is InChI=1S/C11H11ClN2O4S2/c1-5-3-8(19-10(5)12)20(17,18)14-7-4-6(2)13-9(7)11(15)16/h3-4,13-14H,1-2H3,(H,15,16). The number of aromatic carboxylic acids is 1. The Labute approximate surface area is 124 Å². The highest BCUT2D eigenvalue weighted by Gasteiger charge is 2.22. The van der Waals surface area contributed by atoms with Crippen molar-refractivity contribution < 1.29 is 18.3 Å². The molecule has 108 valence electrons. The molecule has 9 heteroatoms. The molecule has 0 unspecified atom stereocenters. The van der Waals surface area contributed by atoms with Gasteiger partial charge in [-0.3, -0.25) is 4.72 Å². The van der Waals surface area contributed by atoms with Crippen LogP contribution in [0, 0.1) is 13.8 Å². The van der Waals surface area contributed by atoms with Gasteiger partial charge in [0.15, 0.2) is 0 Å². The van der Waals surface area contributed by atoms with E-state index in [9.17, 15) is 13.2 Å². The Balaban J connectivity index is 2.40. The Kier molecular flexibility index (Phi) is 3.81. The first-order valence-electron chi connectivity index (χ1n) is 5.42. The summed E-state index contributed by atoms with van der Waals surface area (Å²) in [5.74, 6) is -1.24. The van der Waals surface area contributed by atoms with E-state index in [1.165, 1.54) is 12.1 Å². The van der Waals surface area contributed by atoms with Crippen LogP contribution in [0.3, 0.4) is 0 Å². The number of anilines is 1. The number of hydrogen-bond acceptors (Lipinski definition) is 4. The fourth-order valence-corrected chi connectivity index (χ4v) is 4.37. The zero-order chi connectivity index (χ0) is 15.1. The minimum Gasteiger partial charge on any atom is -0.477 e. The number of halogens is 1. The summed E-state index contributed by atoms with van der Waals surface area (Å²) in [5, 5.41) is 9.01. The van der Waals surface area contributed by atoms with E-state index in [1.54, 1.807) is 13.8 Å². The lowest BCUT2D eigenvalue weighted by Crippen LogP contribution is -2.13. The van der Waals surface area contributed by atoms with Crippen molar-refractivity contribution in [1.82, 2.24) is 4.98 Å². The van der Waals surface area contributed by atoms with E-state index in [4.69, 9.17) is 16.7 Å².